The Hall–Kier alpha value is -3.92. The van der Waals surface area contributed by atoms with E-state index in [0.717, 1.165) is 40.3 Å². The highest BCUT2D eigenvalue weighted by molar-refractivity contribution is 6.15. The first-order valence-corrected chi connectivity index (χ1v) is 14.0. The molecule has 0 unspecified atom stereocenters. The van der Waals surface area contributed by atoms with Crippen LogP contribution in [-0.2, 0) is 16.2 Å². The van der Waals surface area contributed by atoms with Crippen molar-refractivity contribution in [3.63, 3.8) is 0 Å². The number of carboxylic acid groups (broad SMARTS) is 1. The zero-order valence-corrected chi connectivity index (χ0v) is 24.6. The summed E-state index contributed by atoms with van der Waals surface area (Å²) >= 11 is 0. The molecule has 40 heavy (non-hydrogen) atoms. The van der Waals surface area contributed by atoms with E-state index in [1.165, 1.54) is 22.3 Å². The van der Waals surface area contributed by atoms with Crippen molar-refractivity contribution in [2.24, 2.45) is 5.16 Å². The lowest BCUT2D eigenvalue weighted by atomic mass is 9.61. The van der Waals surface area contributed by atoms with E-state index in [1.54, 1.807) is 18.2 Å². The molecule has 1 aliphatic carbocycles. The van der Waals surface area contributed by atoms with Crippen LogP contribution in [0.3, 0.4) is 0 Å². The lowest BCUT2D eigenvalue weighted by Crippen LogP contribution is -2.35. The Morgan fingerprint density at radius 3 is 1.90 bits per heavy atom. The quantitative estimate of drug-likeness (QED) is 0.156. The standard InChI is InChI=1S/C36H39NO3/c1-34(2,3)28-14-12-22(13-15-28)29-20-27(21-30-31(29)36(6,7)17-16-35(30,4)5)32(37-40)25-10-8-24-19-26(33(38)39)11-9-23(24)18-25/h8-15,18-21,40H,16-17H2,1-7H3,(H,38,39)/b37-32+. The van der Waals surface area contributed by atoms with Gasteiger partial charge in [0.05, 0.1) is 5.56 Å². The number of nitrogens with zero attached hydrogens (tertiary/aromatic N) is 1. The highest BCUT2D eigenvalue weighted by Gasteiger charge is 2.39. The molecule has 0 fully saturated rings. The van der Waals surface area contributed by atoms with Crippen molar-refractivity contribution in [2.45, 2.75) is 77.6 Å². The van der Waals surface area contributed by atoms with Gasteiger partial charge >= 0.3 is 5.97 Å². The number of hydrogen-bond donors (Lipinski definition) is 2. The molecule has 0 spiro atoms. The Bertz CT molecular complexity index is 1650. The van der Waals surface area contributed by atoms with E-state index in [4.69, 9.17) is 0 Å². The molecule has 1 aliphatic rings. The average Bonchev–Trinajstić information content (AvgIpc) is 2.90. The van der Waals surface area contributed by atoms with Gasteiger partial charge in [0.2, 0.25) is 0 Å². The minimum absolute atomic E-state index is 0.00271. The van der Waals surface area contributed by atoms with Gasteiger partial charge in [0.15, 0.2) is 0 Å². The van der Waals surface area contributed by atoms with Gasteiger partial charge in [-0.3, -0.25) is 0 Å². The largest absolute Gasteiger partial charge is 0.478 e. The first-order valence-electron chi connectivity index (χ1n) is 14.0. The number of oxime groups is 1. The number of carbonyl (C=O) groups is 1. The van der Waals surface area contributed by atoms with Gasteiger partial charge in [-0.2, -0.15) is 0 Å². The zero-order valence-electron chi connectivity index (χ0n) is 24.6. The van der Waals surface area contributed by atoms with Crippen molar-refractivity contribution in [1.82, 2.24) is 0 Å². The number of carboxylic acids is 1. The summed E-state index contributed by atoms with van der Waals surface area (Å²) in [6.45, 7) is 16.0. The van der Waals surface area contributed by atoms with Crippen molar-refractivity contribution < 1.29 is 15.1 Å². The van der Waals surface area contributed by atoms with Gasteiger partial charge in [0.25, 0.3) is 0 Å². The van der Waals surface area contributed by atoms with Gasteiger partial charge in [0, 0.05) is 11.1 Å². The third kappa shape index (κ3) is 4.92. The third-order valence-corrected chi connectivity index (χ3v) is 8.72. The van der Waals surface area contributed by atoms with E-state index >= 15 is 0 Å². The van der Waals surface area contributed by atoms with Gasteiger partial charge < -0.3 is 10.3 Å². The molecule has 4 aromatic carbocycles. The van der Waals surface area contributed by atoms with Crippen molar-refractivity contribution in [3.8, 4) is 11.1 Å². The van der Waals surface area contributed by atoms with Gasteiger partial charge in [-0.15, -0.1) is 0 Å². The van der Waals surface area contributed by atoms with Crippen molar-refractivity contribution >= 4 is 22.5 Å². The summed E-state index contributed by atoms with van der Waals surface area (Å²) in [4.78, 5) is 11.4. The Kier molecular flexibility index (Phi) is 6.65. The van der Waals surface area contributed by atoms with Crippen molar-refractivity contribution in [3.05, 3.63) is 106 Å². The molecule has 0 saturated heterocycles. The summed E-state index contributed by atoms with van der Waals surface area (Å²) in [5.41, 5.74) is 8.73. The summed E-state index contributed by atoms with van der Waals surface area (Å²) in [5.74, 6) is -0.953. The molecule has 0 bridgehead atoms. The Morgan fingerprint density at radius 2 is 1.32 bits per heavy atom. The molecule has 0 saturated carbocycles. The Labute approximate surface area is 237 Å². The fourth-order valence-electron chi connectivity index (χ4n) is 6.11. The lowest BCUT2D eigenvalue weighted by Gasteiger charge is -2.43. The smallest absolute Gasteiger partial charge is 0.335 e. The molecule has 2 N–H and O–H groups in total. The topological polar surface area (TPSA) is 69.9 Å². The molecule has 206 valence electrons. The molecule has 0 amide bonds. The first kappa shape index (κ1) is 27.6. The molecule has 4 heteroatoms. The van der Waals surface area contributed by atoms with Crippen molar-refractivity contribution in [1.29, 1.82) is 0 Å². The minimum Gasteiger partial charge on any atom is -0.478 e. The van der Waals surface area contributed by atoms with Crippen LogP contribution >= 0.6 is 0 Å². The summed E-state index contributed by atoms with van der Waals surface area (Å²) in [6, 6.07) is 24.1. The molecule has 0 aromatic heterocycles. The average molecular weight is 534 g/mol. The Morgan fingerprint density at radius 1 is 0.750 bits per heavy atom. The predicted octanol–water partition coefficient (Wildman–Crippen LogP) is 9.08. The van der Waals surface area contributed by atoms with Crippen LogP contribution in [0.25, 0.3) is 21.9 Å². The normalized spacial score (nSPS) is 16.5. The molecule has 0 radical (unpaired) electrons. The number of hydrogen-bond acceptors (Lipinski definition) is 3. The van der Waals surface area contributed by atoms with Gasteiger partial charge in [-0.25, -0.2) is 4.79 Å². The highest BCUT2D eigenvalue weighted by Crippen LogP contribution is 2.50. The van der Waals surface area contributed by atoms with Crippen LogP contribution in [0.4, 0.5) is 0 Å². The van der Waals surface area contributed by atoms with E-state index in [-0.39, 0.29) is 21.8 Å². The number of aromatic carboxylic acids is 1. The van der Waals surface area contributed by atoms with Crippen LogP contribution in [0.2, 0.25) is 0 Å². The molecule has 4 aromatic rings. The monoisotopic (exact) mass is 533 g/mol. The van der Waals surface area contributed by atoms with E-state index in [0.29, 0.717) is 5.71 Å². The maximum Gasteiger partial charge on any atom is 0.335 e. The van der Waals surface area contributed by atoms with Gasteiger partial charge in [0.1, 0.15) is 5.71 Å². The van der Waals surface area contributed by atoms with Crippen LogP contribution in [0.5, 0.6) is 0 Å². The summed E-state index contributed by atoms with van der Waals surface area (Å²) < 4.78 is 0. The van der Waals surface area contributed by atoms with E-state index in [9.17, 15) is 15.1 Å². The number of rotatable bonds is 4. The number of benzene rings is 4. The summed E-state index contributed by atoms with van der Waals surface area (Å²) in [7, 11) is 0. The van der Waals surface area contributed by atoms with Crippen LogP contribution < -0.4 is 0 Å². The van der Waals surface area contributed by atoms with E-state index in [1.807, 2.05) is 18.2 Å². The summed E-state index contributed by atoms with van der Waals surface area (Å²) in [6.07, 6.45) is 2.18. The minimum atomic E-state index is -0.953. The fraction of sp³-hybridized carbons (Fsp3) is 0.333. The predicted molar refractivity (Wildman–Crippen MR) is 164 cm³/mol. The van der Waals surface area contributed by atoms with Gasteiger partial charge in [-0.1, -0.05) is 96.1 Å². The highest BCUT2D eigenvalue weighted by atomic mass is 16.4. The molecule has 0 heterocycles. The van der Waals surface area contributed by atoms with Crippen LogP contribution in [0, 0.1) is 0 Å². The maximum absolute atomic E-state index is 11.4. The SMILES string of the molecule is CC(C)(C)c1ccc(-c2cc(/C(=N/O)c3ccc4cc(C(=O)O)ccc4c3)cc3c2C(C)(C)CCC3(C)C)cc1. The fourth-order valence-corrected chi connectivity index (χ4v) is 6.11. The van der Waals surface area contributed by atoms with Crippen molar-refractivity contribution in [2.75, 3.05) is 0 Å². The second kappa shape index (κ2) is 9.62. The second-order valence-electron chi connectivity index (χ2n) is 13.6. The molecule has 5 rings (SSSR count). The number of fused-ring (bicyclic) bond motifs is 2. The lowest BCUT2D eigenvalue weighted by molar-refractivity contribution is 0.0697. The molecule has 0 atom stereocenters. The first-order chi connectivity index (χ1) is 18.7. The van der Waals surface area contributed by atoms with E-state index < -0.39 is 5.97 Å². The molecule has 0 aliphatic heterocycles. The van der Waals surface area contributed by atoms with E-state index in [2.05, 4.69) is 90.0 Å². The van der Waals surface area contributed by atoms with Crippen LogP contribution in [0.1, 0.15) is 99.5 Å². The van der Waals surface area contributed by atoms with Crippen LogP contribution in [0.15, 0.2) is 78.0 Å². The Balaban J connectivity index is 1.71. The van der Waals surface area contributed by atoms with Crippen LogP contribution in [-0.4, -0.2) is 22.0 Å². The molecule has 4 nitrogen and oxygen atoms in total. The molecular formula is C36H39NO3. The van der Waals surface area contributed by atoms with Gasteiger partial charge in [-0.05, 0) is 98.0 Å². The zero-order chi connectivity index (χ0) is 29.0. The summed E-state index contributed by atoms with van der Waals surface area (Å²) in [5, 5.41) is 25.3. The maximum atomic E-state index is 11.4. The third-order valence-electron chi connectivity index (χ3n) is 8.72. The second-order valence-corrected chi connectivity index (χ2v) is 13.6. The molecular weight excluding hydrogens is 494 g/mol.